The molecule has 0 aliphatic heterocycles. The lowest BCUT2D eigenvalue weighted by molar-refractivity contribution is 0.371. The van der Waals surface area contributed by atoms with Crippen LogP contribution in [0.4, 0.5) is 0 Å². The molecule has 80 valence electrons. The van der Waals surface area contributed by atoms with E-state index in [-0.39, 0.29) is 0 Å². The van der Waals surface area contributed by atoms with E-state index in [1.807, 2.05) is 13.1 Å². The molecule has 0 fully saturated rings. The first-order chi connectivity index (χ1) is 6.74. The molecule has 2 nitrogen and oxygen atoms in total. The minimum absolute atomic E-state index is 0.412. The van der Waals surface area contributed by atoms with Gasteiger partial charge in [-0.2, -0.15) is 0 Å². The van der Waals surface area contributed by atoms with Crippen LogP contribution >= 0.6 is 11.3 Å². The molecule has 2 atom stereocenters. The molecule has 0 aromatic carbocycles. The van der Waals surface area contributed by atoms with Gasteiger partial charge in [0.2, 0.25) is 0 Å². The van der Waals surface area contributed by atoms with Gasteiger partial charge in [0, 0.05) is 6.04 Å². The fourth-order valence-corrected chi connectivity index (χ4v) is 2.72. The van der Waals surface area contributed by atoms with Crippen LogP contribution < -0.4 is 10.1 Å². The highest BCUT2D eigenvalue weighted by atomic mass is 32.1. The average molecular weight is 213 g/mol. The molecule has 2 unspecified atom stereocenters. The van der Waals surface area contributed by atoms with Crippen molar-refractivity contribution < 1.29 is 4.74 Å². The largest absolute Gasteiger partial charge is 0.496 e. The van der Waals surface area contributed by atoms with E-state index in [1.165, 1.54) is 11.3 Å². The average Bonchev–Trinajstić information content (AvgIpc) is 2.66. The standard InChI is InChI=1S/C11H19NOS/c1-5-8(2)10(12-3)11-9(13-4)6-7-14-11/h6-8,10,12H,5H2,1-4H3. The summed E-state index contributed by atoms with van der Waals surface area (Å²) in [5.41, 5.74) is 0. The van der Waals surface area contributed by atoms with E-state index in [0.717, 1.165) is 5.75 Å². The smallest absolute Gasteiger partial charge is 0.134 e. The second-order valence-corrected chi connectivity index (χ2v) is 4.45. The molecule has 0 amide bonds. The van der Waals surface area contributed by atoms with Gasteiger partial charge in [-0.25, -0.2) is 0 Å². The van der Waals surface area contributed by atoms with Gasteiger partial charge in [-0.1, -0.05) is 20.3 Å². The Kier molecular flexibility index (Phi) is 4.42. The van der Waals surface area contributed by atoms with Gasteiger partial charge < -0.3 is 10.1 Å². The maximum atomic E-state index is 5.33. The van der Waals surface area contributed by atoms with E-state index in [2.05, 4.69) is 24.5 Å². The molecule has 1 N–H and O–H groups in total. The van der Waals surface area contributed by atoms with Crippen LogP contribution in [0, 0.1) is 5.92 Å². The highest BCUT2D eigenvalue weighted by Gasteiger charge is 2.20. The molecule has 0 aliphatic rings. The van der Waals surface area contributed by atoms with Crippen molar-refractivity contribution in [3.05, 3.63) is 16.3 Å². The molecule has 1 aromatic rings. The zero-order valence-electron chi connectivity index (χ0n) is 9.33. The highest BCUT2D eigenvalue weighted by molar-refractivity contribution is 7.10. The normalized spacial score (nSPS) is 15.1. The molecule has 0 radical (unpaired) electrons. The van der Waals surface area contributed by atoms with Crippen LogP contribution in [0.1, 0.15) is 31.2 Å². The lowest BCUT2D eigenvalue weighted by atomic mass is 9.98. The van der Waals surface area contributed by atoms with Crippen molar-refractivity contribution in [1.82, 2.24) is 5.32 Å². The third-order valence-corrected chi connectivity index (χ3v) is 3.66. The van der Waals surface area contributed by atoms with Crippen LogP contribution in [0.2, 0.25) is 0 Å². The van der Waals surface area contributed by atoms with E-state index in [9.17, 15) is 0 Å². The van der Waals surface area contributed by atoms with Crippen LogP contribution in [0.15, 0.2) is 11.4 Å². The van der Waals surface area contributed by atoms with Crippen LogP contribution in [0.25, 0.3) is 0 Å². The third-order valence-electron chi connectivity index (χ3n) is 2.68. The number of thiophene rings is 1. The second-order valence-electron chi connectivity index (χ2n) is 3.51. The van der Waals surface area contributed by atoms with E-state index in [1.54, 1.807) is 18.4 Å². The molecular weight excluding hydrogens is 194 g/mol. The summed E-state index contributed by atoms with van der Waals surface area (Å²) in [6.45, 7) is 4.48. The Morgan fingerprint density at radius 1 is 1.57 bits per heavy atom. The fraction of sp³-hybridized carbons (Fsp3) is 0.636. The van der Waals surface area contributed by atoms with E-state index in [0.29, 0.717) is 12.0 Å². The lowest BCUT2D eigenvalue weighted by Gasteiger charge is -2.22. The Bertz CT molecular complexity index is 272. The van der Waals surface area contributed by atoms with Crippen molar-refractivity contribution in [1.29, 1.82) is 0 Å². The maximum absolute atomic E-state index is 5.33. The molecule has 1 heterocycles. The summed E-state index contributed by atoms with van der Waals surface area (Å²) < 4.78 is 5.33. The van der Waals surface area contributed by atoms with Gasteiger partial charge in [-0.3, -0.25) is 0 Å². The number of rotatable bonds is 5. The van der Waals surface area contributed by atoms with Crippen molar-refractivity contribution in [2.24, 2.45) is 5.92 Å². The molecule has 0 saturated carbocycles. The van der Waals surface area contributed by atoms with Crippen molar-refractivity contribution in [2.75, 3.05) is 14.2 Å². The molecule has 0 aliphatic carbocycles. The lowest BCUT2D eigenvalue weighted by Crippen LogP contribution is -2.22. The van der Waals surface area contributed by atoms with Gasteiger partial charge in [0.25, 0.3) is 0 Å². The zero-order chi connectivity index (χ0) is 10.6. The highest BCUT2D eigenvalue weighted by Crippen LogP contribution is 2.35. The van der Waals surface area contributed by atoms with Crippen molar-refractivity contribution in [3.8, 4) is 5.75 Å². The van der Waals surface area contributed by atoms with Gasteiger partial charge in [0.1, 0.15) is 5.75 Å². The quantitative estimate of drug-likeness (QED) is 0.811. The molecule has 3 heteroatoms. The van der Waals surface area contributed by atoms with Gasteiger partial charge in [-0.15, -0.1) is 11.3 Å². The van der Waals surface area contributed by atoms with Gasteiger partial charge >= 0.3 is 0 Å². The first kappa shape index (κ1) is 11.5. The van der Waals surface area contributed by atoms with Crippen molar-refractivity contribution in [3.63, 3.8) is 0 Å². The minimum Gasteiger partial charge on any atom is -0.496 e. The van der Waals surface area contributed by atoms with Gasteiger partial charge in [-0.05, 0) is 24.4 Å². The Hall–Kier alpha value is -0.540. The topological polar surface area (TPSA) is 21.3 Å². The molecule has 1 rings (SSSR count). The van der Waals surface area contributed by atoms with E-state index in [4.69, 9.17) is 4.74 Å². The summed E-state index contributed by atoms with van der Waals surface area (Å²) in [4.78, 5) is 1.31. The summed E-state index contributed by atoms with van der Waals surface area (Å²) >= 11 is 1.76. The first-order valence-electron chi connectivity index (χ1n) is 5.03. The zero-order valence-corrected chi connectivity index (χ0v) is 10.1. The second kappa shape index (κ2) is 5.37. The SMILES string of the molecule is CCC(C)C(NC)c1sccc1OC. The van der Waals surface area contributed by atoms with Crippen LogP contribution in [0.3, 0.4) is 0 Å². The first-order valence-corrected chi connectivity index (χ1v) is 5.91. The Labute approximate surface area is 90.3 Å². The molecule has 14 heavy (non-hydrogen) atoms. The van der Waals surface area contributed by atoms with E-state index < -0.39 is 0 Å². The van der Waals surface area contributed by atoms with Gasteiger partial charge in [0.15, 0.2) is 0 Å². The predicted molar refractivity (Wildman–Crippen MR) is 62.1 cm³/mol. The number of hydrogen-bond acceptors (Lipinski definition) is 3. The number of nitrogens with one attached hydrogen (secondary N) is 1. The Morgan fingerprint density at radius 2 is 2.29 bits per heavy atom. The summed E-state index contributed by atoms with van der Waals surface area (Å²) in [5, 5.41) is 5.44. The maximum Gasteiger partial charge on any atom is 0.134 e. The monoisotopic (exact) mass is 213 g/mol. The Morgan fingerprint density at radius 3 is 2.79 bits per heavy atom. The van der Waals surface area contributed by atoms with Gasteiger partial charge in [0.05, 0.1) is 12.0 Å². The summed E-state index contributed by atoms with van der Waals surface area (Å²) in [7, 11) is 3.74. The predicted octanol–water partition coefficient (Wildman–Crippen LogP) is 3.06. The summed E-state index contributed by atoms with van der Waals surface area (Å²) in [5.74, 6) is 1.64. The number of hydrogen-bond donors (Lipinski definition) is 1. The van der Waals surface area contributed by atoms with Crippen LogP contribution in [-0.2, 0) is 0 Å². The molecular formula is C11H19NOS. The Balaban J connectivity index is 2.88. The number of ether oxygens (including phenoxy) is 1. The van der Waals surface area contributed by atoms with Crippen molar-refractivity contribution in [2.45, 2.75) is 26.3 Å². The van der Waals surface area contributed by atoms with Crippen molar-refractivity contribution >= 4 is 11.3 Å². The summed E-state index contributed by atoms with van der Waals surface area (Å²) in [6.07, 6.45) is 1.17. The molecule has 0 saturated heterocycles. The summed E-state index contributed by atoms with van der Waals surface area (Å²) in [6, 6.07) is 2.45. The van der Waals surface area contributed by atoms with E-state index >= 15 is 0 Å². The number of methoxy groups -OCH3 is 1. The van der Waals surface area contributed by atoms with Crippen LogP contribution in [0.5, 0.6) is 5.75 Å². The molecule has 0 bridgehead atoms. The molecule has 1 aromatic heterocycles. The fourth-order valence-electron chi connectivity index (χ4n) is 1.61. The third kappa shape index (κ3) is 2.28. The molecule has 0 spiro atoms. The van der Waals surface area contributed by atoms with Crippen LogP contribution in [-0.4, -0.2) is 14.2 Å². The minimum atomic E-state index is 0.412.